The normalized spacial score (nSPS) is 11.3. The van der Waals surface area contributed by atoms with Crippen molar-refractivity contribution in [3.05, 3.63) is 33.3 Å². The number of nitrogens with two attached hydrogens (primary N) is 1. The van der Waals surface area contributed by atoms with E-state index in [1.807, 2.05) is 0 Å². The number of benzene rings is 1. The Morgan fingerprint density at radius 1 is 1.37 bits per heavy atom. The third kappa shape index (κ3) is 5.86. The van der Waals surface area contributed by atoms with E-state index in [-0.39, 0.29) is 23.1 Å². The number of unbranched alkanes of at least 4 members (excludes halogenated alkanes) is 1. The van der Waals surface area contributed by atoms with Crippen LogP contribution in [0.15, 0.2) is 18.2 Å². The van der Waals surface area contributed by atoms with Crippen LogP contribution in [0.2, 0.25) is 5.02 Å². The second-order valence-electron chi connectivity index (χ2n) is 3.79. The summed E-state index contributed by atoms with van der Waals surface area (Å²) in [5.41, 5.74) is -0.119. The van der Waals surface area contributed by atoms with E-state index in [0.717, 1.165) is 0 Å². The zero-order chi connectivity index (χ0) is 14.5. The highest BCUT2D eigenvalue weighted by Crippen LogP contribution is 2.28. The molecule has 0 aliphatic carbocycles. The van der Waals surface area contributed by atoms with Gasteiger partial charge in [0.15, 0.2) is 0 Å². The molecule has 1 aromatic carbocycles. The van der Waals surface area contributed by atoms with Crippen molar-refractivity contribution >= 4 is 27.3 Å². The van der Waals surface area contributed by atoms with Gasteiger partial charge in [-0.15, -0.1) is 0 Å². The first kappa shape index (κ1) is 15.7. The molecule has 0 bridgehead atoms. The zero-order valence-corrected chi connectivity index (χ0v) is 11.5. The van der Waals surface area contributed by atoms with Crippen LogP contribution in [0.5, 0.6) is 5.75 Å². The molecule has 0 aliphatic heterocycles. The Bertz CT molecular complexity index is 561. The summed E-state index contributed by atoms with van der Waals surface area (Å²) < 4.78 is 26.6. The van der Waals surface area contributed by atoms with Gasteiger partial charge in [0.2, 0.25) is 10.0 Å². The lowest BCUT2D eigenvalue weighted by Crippen LogP contribution is -2.16. The molecule has 0 aliphatic rings. The van der Waals surface area contributed by atoms with Crippen molar-refractivity contribution in [1.82, 2.24) is 0 Å². The molecule has 2 N–H and O–H groups in total. The van der Waals surface area contributed by atoms with Gasteiger partial charge in [-0.25, -0.2) is 13.6 Å². The molecule has 19 heavy (non-hydrogen) atoms. The van der Waals surface area contributed by atoms with E-state index in [1.165, 1.54) is 18.2 Å². The van der Waals surface area contributed by atoms with E-state index in [1.54, 1.807) is 0 Å². The Kier molecular flexibility index (Phi) is 5.52. The predicted molar refractivity (Wildman–Crippen MR) is 70.8 cm³/mol. The highest BCUT2D eigenvalue weighted by atomic mass is 35.5. The maximum Gasteiger partial charge on any atom is 0.271 e. The number of ether oxygens (including phenoxy) is 1. The number of nitro groups is 1. The van der Waals surface area contributed by atoms with Gasteiger partial charge in [-0.05, 0) is 18.9 Å². The second kappa shape index (κ2) is 6.69. The number of sulfonamides is 1. The molecule has 0 radical (unpaired) electrons. The van der Waals surface area contributed by atoms with Crippen LogP contribution in [0, 0.1) is 10.1 Å². The monoisotopic (exact) mass is 308 g/mol. The highest BCUT2D eigenvalue weighted by Gasteiger charge is 2.10. The lowest BCUT2D eigenvalue weighted by Gasteiger charge is -2.07. The predicted octanol–water partition coefficient (Wildman–Crippen LogP) is 1.70. The van der Waals surface area contributed by atoms with Gasteiger partial charge in [0.05, 0.1) is 22.3 Å². The minimum absolute atomic E-state index is 0.107. The molecule has 106 valence electrons. The summed E-state index contributed by atoms with van der Waals surface area (Å²) in [4.78, 5) is 9.94. The van der Waals surface area contributed by atoms with E-state index in [2.05, 4.69) is 0 Å². The number of hydrogen-bond acceptors (Lipinski definition) is 5. The lowest BCUT2D eigenvalue weighted by atomic mass is 10.3. The first-order chi connectivity index (χ1) is 8.79. The first-order valence-corrected chi connectivity index (χ1v) is 7.46. The van der Waals surface area contributed by atoms with Crippen molar-refractivity contribution in [2.45, 2.75) is 12.8 Å². The van der Waals surface area contributed by atoms with Crippen LogP contribution in [-0.4, -0.2) is 25.7 Å². The fraction of sp³-hybridized carbons (Fsp3) is 0.400. The minimum atomic E-state index is -3.45. The van der Waals surface area contributed by atoms with E-state index in [4.69, 9.17) is 21.5 Å². The van der Waals surface area contributed by atoms with E-state index >= 15 is 0 Å². The minimum Gasteiger partial charge on any atom is -0.492 e. The van der Waals surface area contributed by atoms with Gasteiger partial charge >= 0.3 is 0 Å². The molecule has 0 unspecified atom stereocenters. The Morgan fingerprint density at radius 2 is 2.05 bits per heavy atom. The number of nitro benzene ring substituents is 1. The van der Waals surface area contributed by atoms with Crippen molar-refractivity contribution in [1.29, 1.82) is 0 Å². The van der Waals surface area contributed by atoms with Crippen LogP contribution in [0.1, 0.15) is 12.8 Å². The lowest BCUT2D eigenvalue weighted by molar-refractivity contribution is -0.384. The standard InChI is InChI=1S/C10H13ClN2O5S/c11-9-7-8(13(14)15)3-4-10(9)18-5-1-2-6-19(12,16)17/h3-4,7H,1-2,5-6H2,(H2,12,16,17). The van der Waals surface area contributed by atoms with Crippen LogP contribution >= 0.6 is 11.6 Å². The first-order valence-electron chi connectivity index (χ1n) is 5.37. The van der Waals surface area contributed by atoms with Crippen LogP contribution in [0.3, 0.4) is 0 Å². The summed E-state index contributed by atoms with van der Waals surface area (Å²) in [7, 11) is -3.45. The van der Waals surface area contributed by atoms with Crippen LogP contribution in [-0.2, 0) is 10.0 Å². The van der Waals surface area contributed by atoms with Gasteiger partial charge in [0.25, 0.3) is 5.69 Å². The van der Waals surface area contributed by atoms with E-state index in [9.17, 15) is 18.5 Å². The molecule has 0 atom stereocenters. The molecule has 0 heterocycles. The van der Waals surface area contributed by atoms with Gasteiger partial charge in [-0.1, -0.05) is 11.6 Å². The number of non-ortho nitro benzene ring substituents is 1. The molecular weight excluding hydrogens is 296 g/mol. The molecule has 0 saturated heterocycles. The van der Waals surface area contributed by atoms with Crippen molar-refractivity contribution in [2.75, 3.05) is 12.4 Å². The van der Waals surface area contributed by atoms with Gasteiger partial charge in [-0.2, -0.15) is 0 Å². The van der Waals surface area contributed by atoms with Crippen LogP contribution in [0.4, 0.5) is 5.69 Å². The number of rotatable bonds is 7. The quantitative estimate of drug-likeness (QED) is 0.468. The van der Waals surface area contributed by atoms with E-state index in [0.29, 0.717) is 18.6 Å². The molecule has 1 aromatic rings. The van der Waals surface area contributed by atoms with Crippen molar-refractivity contribution < 1.29 is 18.1 Å². The average Bonchev–Trinajstić information content (AvgIpc) is 2.28. The summed E-state index contributed by atoms with van der Waals surface area (Å²) in [5.74, 6) is 0.215. The topological polar surface area (TPSA) is 113 Å². The van der Waals surface area contributed by atoms with E-state index < -0.39 is 14.9 Å². The van der Waals surface area contributed by atoms with Gasteiger partial charge in [-0.3, -0.25) is 10.1 Å². The van der Waals surface area contributed by atoms with Crippen LogP contribution < -0.4 is 9.88 Å². The van der Waals surface area contributed by atoms with Gasteiger partial charge in [0.1, 0.15) is 5.75 Å². The summed E-state index contributed by atoms with van der Waals surface area (Å²) in [6, 6.07) is 3.88. The summed E-state index contributed by atoms with van der Waals surface area (Å²) in [6.45, 7) is 0.257. The van der Waals surface area contributed by atoms with Crippen molar-refractivity contribution in [2.24, 2.45) is 5.14 Å². The summed E-state index contributed by atoms with van der Waals surface area (Å²) in [5, 5.41) is 15.5. The number of primary sulfonamides is 1. The molecule has 0 saturated carbocycles. The van der Waals surface area contributed by atoms with Crippen LogP contribution in [0.25, 0.3) is 0 Å². The highest BCUT2D eigenvalue weighted by molar-refractivity contribution is 7.89. The second-order valence-corrected chi connectivity index (χ2v) is 5.94. The Morgan fingerprint density at radius 3 is 2.58 bits per heavy atom. The smallest absolute Gasteiger partial charge is 0.271 e. The largest absolute Gasteiger partial charge is 0.492 e. The Hall–Kier alpha value is -1.38. The molecule has 0 aromatic heterocycles. The molecule has 0 spiro atoms. The summed E-state index contributed by atoms with van der Waals surface area (Å²) >= 11 is 5.81. The molecule has 9 heteroatoms. The molecule has 0 amide bonds. The molecule has 7 nitrogen and oxygen atoms in total. The molecular formula is C10H13ClN2O5S. The average molecular weight is 309 g/mol. The Labute approximate surface area is 115 Å². The SMILES string of the molecule is NS(=O)(=O)CCCCOc1ccc([N+](=O)[O-])cc1Cl. The Balaban J connectivity index is 2.44. The van der Waals surface area contributed by atoms with Crippen molar-refractivity contribution in [3.63, 3.8) is 0 Å². The maximum absolute atomic E-state index is 10.7. The summed E-state index contributed by atoms with van der Waals surface area (Å²) in [6.07, 6.45) is 0.868. The molecule has 0 fully saturated rings. The number of halogens is 1. The zero-order valence-electron chi connectivity index (χ0n) is 9.91. The molecule has 1 rings (SSSR count). The fourth-order valence-electron chi connectivity index (χ4n) is 1.31. The van der Waals surface area contributed by atoms with Crippen molar-refractivity contribution in [3.8, 4) is 5.75 Å². The third-order valence-electron chi connectivity index (χ3n) is 2.21. The van der Waals surface area contributed by atoms with Gasteiger partial charge < -0.3 is 4.74 Å². The number of nitrogens with zero attached hydrogens (tertiary/aromatic N) is 1. The fourth-order valence-corrected chi connectivity index (χ4v) is 2.14. The van der Waals surface area contributed by atoms with Gasteiger partial charge in [0, 0.05) is 12.1 Å². The third-order valence-corrected chi connectivity index (χ3v) is 3.36. The number of hydrogen-bond donors (Lipinski definition) is 1. The maximum atomic E-state index is 10.7.